The van der Waals surface area contributed by atoms with Crippen LogP contribution in [-0.2, 0) is 0 Å². The first-order chi connectivity index (χ1) is 11.0. The fourth-order valence-electron chi connectivity index (χ4n) is 2.62. The number of amides is 1. The summed E-state index contributed by atoms with van der Waals surface area (Å²) in [4.78, 5) is 17.0. The van der Waals surface area contributed by atoms with E-state index in [0.717, 1.165) is 23.4 Å². The molecule has 1 unspecified atom stereocenters. The highest BCUT2D eigenvalue weighted by Crippen LogP contribution is 2.18. The van der Waals surface area contributed by atoms with Gasteiger partial charge in [0, 0.05) is 18.2 Å². The normalized spacial score (nSPS) is 12.2. The number of carbonyl (C=O) groups excluding carboxylic acids is 1. The quantitative estimate of drug-likeness (QED) is 0.861. The van der Waals surface area contributed by atoms with Gasteiger partial charge < -0.3 is 11.1 Å². The Morgan fingerprint density at radius 3 is 2.43 bits per heavy atom. The van der Waals surface area contributed by atoms with Crippen LogP contribution in [0.5, 0.6) is 0 Å². The topological polar surface area (TPSA) is 68.0 Å². The monoisotopic (exact) mass is 311 g/mol. The van der Waals surface area contributed by atoms with Gasteiger partial charge in [-0.05, 0) is 31.4 Å². The van der Waals surface area contributed by atoms with Crippen LogP contribution in [-0.4, -0.2) is 23.5 Å². The van der Waals surface area contributed by atoms with E-state index in [-0.39, 0.29) is 11.9 Å². The first-order valence-corrected chi connectivity index (χ1v) is 8.05. The van der Waals surface area contributed by atoms with Gasteiger partial charge in [-0.15, -0.1) is 0 Å². The first kappa shape index (κ1) is 17.2. The van der Waals surface area contributed by atoms with Crippen molar-refractivity contribution in [3.63, 3.8) is 0 Å². The molecule has 0 saturated carbocycles. The van der Waals surface area contributed by atoms with Crippen molar-refractivity contribution in [3.05, 3.63) is 53.7 Å². The van der Waals surface area contributed by atoms with Crippen LogP contribution in [0, 0.1) is 12.8 Å². The number of nitrogens with one attached hydrogen (secondary N) is 1. The SMILES string of the molecule is Cc1nc(-c2ccccc2)ccc1C(=O)NC(CN)CC(C)C. The highest BCUT2D eigenvalue weighted by molar-refractivity contribution is 5.95. The summed E-state index contributed by atoms with van der Waals surface area (Å²) in [7, 11) is 0. The molecule has 2 aromatic rings. The number of carbonyl (C=O) groups is 1. The minimum atomic E-state index is -0.106. The highest BCUT2D eigenvalue weighted by atomic mass is 16.1. The maximum Gasteiger partial charge on any atom is 0.253 e. The van der Waals surface area contributed by atoms with Crippen LogP contribution in [0.1, 0.15) is 36.3 Å². The third kappa shape index (κ3) is 4.63. The molecule has 0 saturated heterocycles. The fourth-order valence-corrected chi connectivity index (χ4v) is 2.62. The summed E-state index contributed by atoms with van der Waals surface area (Å²) in [5.74, 6) is 0.384. The maximum atomic E-state index is 12.5. The van der Waals surface area contributed by atoms with Gasteiger partial charge in [-0.25, -0.2) is 0 Å². The van der Waals surface area contributed by atoms with Gasteiger partial charge in [0.25, 0.3) is 5.91 Å². The van der Waals surface area contributed by atoms with Crippen molar-refractivity contribution < 1.29 is 4.79 Å². The standard InChI is InChI=1S/C19H25N3O/c1-13(2)11-16(12-20)22-19(23)17-9-10-18(21-14(17)3)15-7-5-4-6-8-15/h4-10,13,16H,11-12,20H2,1-3H3,(H,22,23). The van der Waals surface area contributed by atoms with Crippen molar-refractivity contribution in [3.8, 4) is 11.3 Å². The van der Waals surface area contributed by atoms with Crippen molar-refractivity contribution >= 4 is 5.91 Å². The number of hydrogen-bond acceptors (Lipinski definition) is 3. The van der Waals surface area contributed by atoms with E-state index < -0.39 is 0 Å². The molecule has 23 heavy (non-hydrogen) atoms. The van der Waals surface area contributed by atoms with Crippen LogP contribution in [0.25, 0.3) is 11.3 Å². The van der Waals surface area contributed by atoms with Crippen LogP contribution in [0.15, 0.2) is 42.5 Å². The molecule has 0 spiro atoms. The molecule has 2 rings (SSSR count). The second-order valence-electron chi connectivity index (χ2n) is 6.23. The Kier molecular flexibility index (Phi) is 5.88. The minimum Gasteiger partial charge on any atom is -0.348 e. The lowest BCUT2D eigenvalue weighted by atomic mass is 10.0. The molecule has 0 aliphatic rings. The molecule has 4 nitrogen and oxygen atoms in total. The van der Waals surface area contributed by atoms with Gasteiger partial charge in [-0.1, -0.05) is 44.2 Å². The number of nitrogens with two attached hydrogens (primary N) is 1. The second kappa shape index (κ2) is 7.88. The molecule has 0 fully saturated rings. The molecule has 1 aromatic heterocycles. The van der Waals surface area contributed by atoms with E-state index in [4.69, 9.17) is 5.73 Å². The van der Waals surface area contributed by atoms with Crippen LogP contribution >= 0.6 is 0 Å². The second-order valence-corrected chi connectivity index (χ2v) is 6.23. The van der Waals surface area contributed by atoms with E-state index >= 15 is 0 Å². The third-order valence-corrected chi connectivity index (χ3v) is 3.78. The van der Waals surface area contributed by atoms with Crippen molar-refractivity contribution in [1.82, 2.24) is 10.3 Å². The molecule has 1 heterocycles. The summed E-state index contributed by atoms with van der Waals surface area (Å²) >= 11 is 0. The smallest absolute Gasteiger partial charge is 0.253 e. The lowest BCUT2D eigenvalue weighted by Gasteiger charge is -2.19. The van der Waals surface area contributed by atoms with E-state index in [0.29, 0.717) is 18.0 Å². The van der Waals surface area contributed by atoms with Gasteiger partial charge in [0.1, 0.15) is 0 Å². The number of rotatable bonds is 6. The van der Waals surface area contributed by atoms with Gasteiger partial charge >= 0.3 is 0 Å². The average molecular weight is 311 g/mol. The fraction of sp³-hybridized carbons (Fsp3) is 0.368. The predicted octanol–water partition coefficient (Wildman–Crippen LogP) is 3.16. The van der Waals surface area contributed by atoms with Crippen LogP contribution in [0.4, 0.5) is 0 Å². The van der Waals surface area contributed by atoms with Crippen LogP contribution in [0.3, 0.4) is 0 Å². The molecule has 0 aliphatic heterocycles. The minimum absolute atomic E-state index is 0.00398. The average Bonchev–Trinajstić information content (AvgIpc) is 2.54. The van der Waals surface area contributed by atoms with Crippen molar-refractivity contribution in [2.24, 2.45) is 11.7 Å². The summed E-state index contributed by atoms with van der Waals surface area (Å²) in [6, 6.07) is 13.7. The molecular weight excluding hydrogens is 286 g/mol. The Bertz CT molecular complexity index is 653. The Labute approximate surface area is 138 Å². The largest absolute Gasteiger partial charge is 0.348 e. The van der Waals surface area contributed by atoms with E-state index in [1.165, 1.54) is 0 Å². The molecule has 0 radical (unpaired) electrons. The molecule has 3 N–H and O–H groups in total. The van der Waals surface area contributed by atoms with E-state index in [9.17, 15) is 4.79 Å². The van der Waals surface area contributed by atoms with E-state index in [1.807, 2.05) is 49.4 Å². The predicted molar refractivity (Wildman–Crippen MR) is 94.2 cm³/mol. The van der Waals surface area contributed by atoms with Crippen molar-refractivity contribution in [1.29, 1.82) is 0 Å². The zero-order valence-corrected chi connectivity index (χ0v) is 14.0. The van der Waals surface area contributed by atoms with Crippen LogP contribution < -0.4 is 11.1 Å². The van der Waals surface area contributed by atoms with Gasteiger partial charge in [-0.2, -0.15) is 0 Å². The molecule has 1 aromatic carbocycles. The number of benzene rings is 1. The Hall–Kier alpha value is -2.20. The summed E-state index contributed by atoms with van der Waals surface area (Å²) in [5, 5.41) is 3.01. The zero-order chi connectivity index (χ0) is 16.8. The van der Waals surface area contributed by atoms with E-state index in [2.05, 4.69) is 24.1 Å². The number of nitrogens with zero attached hydrogens (tertiary/aromatic N) is 1. The molecule has 0 aliphatic carbocycles. The van der Waals surface area contributed by atoms with Crippen molar-refractivity contribution in [2.45, 2.75) is 33.2 Å². The third-order valence-electron chi connectivity index (χ3n) is 3.78. The van der Waals surface area contributed by atoms with Crippen LogP contribution in [0.2, 0.25) is 0 Å². The Morgan fingerprint density at radius 1 is 1.17 bits per heavy atom. The summed E-state index contributed by atoms with van der Waals surface area (Å²) in [6.45, 7) is 6.55. The van der Waals surface area contributed by atoms with E-state index in [1.54, 1.807) is 0 Å². The number of hydrogen-bond donors (Lipinski definition) is 2. The van der Waals surface area contributed by atoms with Gasteiger partial charge in [-0.3, -0.25) is 9.78 Å². The number of pyridine rings is 1. The Morgan fingerprint density at radius 2 is 1.87 bits per heavy atom. The maximum absolute atomic E-state index is 12.5. The molecule has 1 amide bonds. The highest BCUT2D eigenvalue weighted by Gasteiger charge is 2.16. The van der Waals surface area contributed by atoms with Gasteiger partial charge in [0.05, 0.1) is 17.0 Å². The van der Waals surface area contributed by atoms with Gasteiger partial charge in [0.15, 0.2) is 0 Å². The first-order valence-electron chi connectivity index (χ1n) is 8.05. The number of aromatic nitrogens is 1. The zero-order valence-electron chi connectivity index (χ0n) is 14.0. The molecule has 1 atom stereocenters. The molecule has 4 heteroatoms. The lowest BCUT2D eigenvalue weighted by molar-refractivity contribution is 0.0932. The molecule has 0 bridgehead atoms. The lowest BCUT2D eigenvalue weighted by Crippen LogP contribution is -2.41. The van der Waals surface area contributed by atoms with Crippen molar-refractivity contribution in [2.75, 3.05) is 6.54 Å². The van der Waals surface area contributed by atoms with Gasteiger partial charge in [0.2, 0.25) is 0 Å². The molecular formula is C19H25N3O. The summed E-state index contributed by atoms with van der Waals surface area (Å²) < 4.78 is 0. The number of aryl methyl sites for hydroxylation is 1. The molecule has 122 valence electrons. The summed E-state index contributed by atoms with van der Waals surface area (Å²) in [5.41, 5.74) is 9.00. The Balaban J connectivity index is 2.15. The summed E-state index contributed by atoms with van der Waals surface area (Å²) in [6.07, 6.45) is 0.872.